The van der Waals surface area contributed by atoms with Gasteiger partial charge in [0.15, 0.2) is 0 Å². The van der Waals surface area contributed by atoms with Crippen LogP contribution in [0.15, 0.2) is 55.1 Å². The van der Waals surface area contributed by atoms with Crippen molar-refractivity contribution < 1.29 is 0 Å². The molecular weight excluding hydrogens is 336 g/mol. The highest BCUT2D eigenvalue weighted by atomic mass is 35.5. The van der Waals surface area contributed by atoms with Crippen LogP contribution in [0.2, 0.25) is 5.15 Å². The second kappa shape index (κ2) is 5.39. The molecule has 4 aromatic heterocycles. The normalized spacial score (nSPS) is 11.7. The fourth-order valence-electron chi connectivity index (χ4n) is 2.99. The molecular formula is C18H11ClN6. The summed E-state index contributed by atoms with van der Waals surface area (Å²) in [7, 11) is 0. The Kier molecular flexibility index (Phi) is 3.05. The number of nitrogens with one attached hydrogen (secondary N) is 2. The van der Waals surface area contributed by atoms with Gasteiger partial charge in [-0.15, -0.1) is 0 Å². The number of anilines is 2. The van der Waals surface area contributed by atoms with Gasteiger partial charge < -0.3 is 10.3 Å². The molecule has 0 fully saturated rings. The molecule has 2 N–H and O–H groups in total. The summed E-state index contributed by atoms with van der Waals surface area (Å²) >= 11 is 6.03. The van der Waals surface area contributed by atoms with E-state index in [9.17, 15) is 0 Å². The van der Waals surface area contributed by atoms with Crippen molar-refractivity contribution in [1.29, 1.82) is 0 Å². The Morgan fingerprint density at radius 2 is 1.92 bits per heavy atom. The first-order chi connectivity index (χ1) is 12.3. The third-order valence-corrected chi connectivity index (χ3v) is 4.32. The highest BCUT2D eigenvalue weighted by molar-refractivity contribution is 6.29. The van der Waals surface area contributed by atoms with Gasteiger partial charge in [-0.3, -0.25) is 4.98 Å². The molecule has 7 heteroatoms. The minimum absolute atomic E-state index is 0.428. The Labute approximate surface area is 148 Å². The first-order valence-corrected chi connectivity index (χ1v) is 8.06. The summed E-state index contributed by atoms with van der Waals surface area (Å²) in [6.45, 7) is 0. The molecule has 0 atom stereocenters. The molecule has 4 aromatic rings. The fraction of sp³-hybridized carbons (Fsp3) is 0. The van der Waals surface area contributed by atoms with Crippen LogP contribution in [0.3, 0.4) is 0 Å². The first-order valence-electron chi connectivity index (χ1n) is 7.68. The van der Waals surface area contributed by atoms with Gasteiger partial charge in [0.05, 0.1) is 17.6 Å². The highest BCUT2D eigenvalue weighted by Crippen LogP contribution is 2.42. The number of fused-ring (bicyclic) bond motifs is 5. The van der Waals surface area contributed by atoms with Crippen molar-refractivity contribution in [1.82, 2.24) is 24.9 Å². The number of rotatable bonds is 1. The fourth-order valence-corrected chi connectivity index (χ4v) is 3.16. The van der Waals surface area contributed by atoms with Crippen LogP contribution in [-0.2, 0) is 0 Å². The Bertz CT molecular complexity index is 1040. The molecule has 6 nitrogen and oxygen atoms in total. The predicted octanol–water partition coefficient (Wildman–Crippen LogP) is 4.31. The van der Waals surface area contributed by atoms with Gasteiger partial charge >= 0.3 is 0 Å². The number of hydrogen-bond donors (Lipinski definition) is 2. The van der Waals surface area contributed by atoms with Gasteiger partial charge in [0.2, 0.25) is 0 Å². The van der Waals surface area contributed by atoms with Crippen molar-refractivity contribution in [3.63, 3.8) is 0 Å². The molecule has 0 bridgehead atoms. The number of halogens is 1. The van der Waals surface area contributed by atoms with E-state index in [1.165, 1.54) is 0 Å². The second-order valence-corrected chi connectivity index (χ2v) is 6.01. The highest BCUT2D eigenvalue weighted by Gasteiger charge is 2.24. The molecule has 0 amide bonds. The monoisotopic (exact) mass is 346 g/mol. The second-order valence-electron chi connectivity index (χ2n) is 5.62. The van der Waals surface area contributed by atoms with Crippen LogP contribution < -0.4 is 5.32 Å². The molecule has 0 saturated heterocycles. The molecule has 1 aliphatic rings. The Balaban J connectivity index is 1.80. The minimum atomic E-state index is 0.428. The zero-order valence-electron chi connectivity index (χ0n) is 12.9. The van der Waals surface area contributed by atoms with E-state index < -0.39 is 0 Å². The summed E-state index contributed by atoms with van der Waals surface area (Å²) < 4.78 is 0. The summed E-state index contributed by atoms with van der Waals surface area (Å²) in [5, 5.41) is 3.77. The smallest absolute Gasteiger partial charge is 0.139 e. The van der Waals surface area contributed by atoms with E-state index in [0.29, 0.717) is 5.15 Å². The maximum atomic E-state index is 6.03. The average molecular weight is 347 g/mol. The average Bonchev–Trinajstić information content (AvgIpc) is 3.03. The third-order valence-electron chi connectivity index (χ3n) is 4.11. The van der Waals surface area contributed by atoms with Crippen molar-refractivity contribution in [2.75, 3.05) is 5.32 Å². The Morgan fingerprint density at radius 3 is 2.84 bits per heavy atom. The molecule has 1 aliphatic heterocycles. The lowest BCUT2D eigenvalue weighted by atomic mass is 10.1. The molecule has 120 valence electrons. The van der Waals surface area contributed by atoms with Crippen molar-refractivity contribution in [3.8, 4) is 33.9 Å². The lowest BCUT2D eigenvalue weighted by Gasteiger charge is -2.07. The van der Waals surface area contributed by atoms with E-state index in [0.717, 1.165) is 45.4 Å². The summed E-state index contributed by atoms with van der Waals surface area (Å²) in [6.07, 6.45) is 6.97. The Hall–Kier alpha value is -3.25. The maximum Gasteiger partial charge on any atom is 0.139 e. The topological polar surface area (TPSA) is 79.4 Å². The van der Waals surface area contributed by atoms with Gasteiger partial charge in [0.1, 0.15) is 22.5 Å². The van der Waals surface area contributed by atoms with E-state index in [4.69, 9.17) is 16.6 Å². The SMILES string of the molecule is Clc1cc(-c2nc3c([nH]2)-c2ccncc2Nc2ncccc2-3)ccn1. The minimum Gasteiger partial charge on any atom is -0.338 e. The predicted molar refractivity (Wildman–Crippen MR) is 96.6 cm³/mol. The number of aromatic amines is 1. The third kappa shape index (κ3) is 2.27. The number of pyridine rings is 3. The van der Waals surface area contributed by atoms with Crippen LogP contribution in [0.5, 0.6) is 0 Å². The molecule has 0 aliphatic carbocycles. The molecule has 5 rings (SSSR count). The number of hydrogen-bond acceptors (Lipinski definition) is 5. The largest absolute Gasteiger partial charge is 0.338 e. The van der Waals surface area contributed by atoms with E-state index in [-0.39, 0.29) is 0 Å². The summed E-state index contributed by atoms with van der Waals surface area (Å²) in [5.41, 5.74) is 5.42. The van der Waals surface area contributed by atoms with Crippen molar-refractivity contribution in [2.45, 2.75) is 0 Å². The summed E-state index contributed by atoms with van der Waals surface area (Å²) in [4.78, 5) is 20.9. The number of imidazole rings is 1. The first kappa shape index (κ1) is 14.1. The van der Waals surface area contributed by atoms with Gasteiger partial charge in [0.25, 0.3) is 0 Å². The zero-order valence-corrected chi connectivity index (χ0v) is 13.6. The quantitative estimate of drug-likeness (QED) is 0.442. The molecule has 0 radical (unpaired) electrons. The van der Waals surface area contributed by atoms with E-state index in [1.54, 1.807) is 30.9 Å². The Morgan fingerprint density at radius 1 is 0.960 bits per heavy atom. The van der Waals surface area contributed by atoms with Crippen molar-refractivity contribution in [2.24, 2.45) is 0 Å². The zero-order chi connectivity index (χ0) is 16.8. The molecule has 5 heterocycles. The van der Waals surface area contributed by atoms with Gasteiger partial charge in [-0.1, -0.05) is 11.6 Å². The van der Waals surface area contributed by atoms with Crippen LogP contribution in [-0.4, -0.2) is 24.9 Å². The van der Waals surface area contributed by atoms with Crippen LogP contribution in [0.25, 0.3) is 33.9 Å². The molecule has 25 heavy (non-hydrogen) atoms. The lowest BCUT2D eigenvalue weighted by molar-refractivity contribution is 1.25. The number of nitrogens with zero attached hydrogens (tertiary/aromatic N) is 4. The lowest BCUT2D eigenvalue weighted by Crippen LogP contribution is -1.95. The number of aromatic nitrogens is 5. The molecule has 0 unspecified atom stereocenters. The van der Waals surface area contributed by atoms with Crippen LogP contribution in [0.1, 0.15) is 0 Å². The molecule has 0 saturated carbocycles. The van der Waals surface area contributed by atoms with Crippen LogP contribution in [0, 0.1) is 0 Å². The van der Waals surface area contributed by atoms with Gasteiger partial charge in [0, 0.05) is 35.3 Å². The number of H-pyrrole nitrogens is 1. The van der Waals surface area contributed by atoms with E-state index in [1.807, 2.05) is 24.3 Å². The van der Waals surface area contributed by atoms with Crippen LogP contribution >= 0.6 is 11.6 Å². The van der Waals surface area contributed by atoms with E-state index >= 15 is 0 Å². The standard InChI is InChI=1S/C18H11ClN6/c19-14-8-10(3-7-21-14)17-24-15-11-4-6-20-9-13(11)23-18-12(16(15)25-17)2-1-5-22-18/h1-9H,(H,22,23)(H,24,25). The van der Waals surface area contributed by atoms with Crippen molar-refractivity contribution in [3.05, 3.63) is 60.3 Å². The summed E-state index contributed by atoms with van der Waals surface area (Å²) in [6, 6.07) is 9.51. The van der Waals surface area contributed by atoms with Crippen LogP contribution in [0.4, 0.5) is 11.5 Å². The van der Waals surface area contributed by atoms with Crippen molar-refractivity contribution >= 4 is 23.1 Å². The summed E-state index contributed by atoms with van der Waals surface area (Å²) in [5.74, 6) is 1.48. The molecule has 0 aromatic carbocycles. The van der Waals surface area contributed by atoms with Gasteiger partial charge in [-0.2, -0.15) is 0 Å². The molecule has 0 spiro atoms. The maximum absolute atomic E-state index is 6.03. The van der Waals surface area contributed by atoms with Gasteiger partial charge in [-0.05, 0) is 30.3 Å². The van der Waals surface area contributed by atoms with E-state index in [2.05, 4.69) is 25.3 Å². The van der Waals surface area contributed by atoms with Gasteiger partial charge in [-0.25, -0.2) is 15.0 Å².